The van der Waals surface area contributed by atoms with Crippen LogP contribution in [0.3, 0.4) is 0 Å². The minimum atomic E-state index is -4.01. The van der Waals surface area contributed by atoms with E-state index in [1.807, 2.05) is 19.1 Å². The average molecular weight is 514 g/mol. The van der Waals surface area contributed by atoms with Crippen LogP contribution in [0.2, 0.25) is 0 Å². The van der Waals surface area contributed by atoms with Gasteiger partial charge in [-0.1, -0.05) is 20.8 Å². The zero-order chi connectivity index (χ0) is 26.2. The van der Waals surface area contributed by atoms with E-state index in [0.717, 1.165) is 12.0 Å². The van der Waals surface area contributed by atoms with Gasteiger partial charge >= 0.3 is 5.69 Å². The quantitative estimate of drug-likeness (QED) is 0.365. The van der Waals surface area contributed by atoms with Crippen LogP contribution in [0.5, 0.6) is 17.2 Å². The third-order valence-corrected chi connectivity index (χ3v) is 6.98. The smallest absolute Gasteiger partial charge is 0.328 e. The molecule has 1 N–H and O–H groups in total. The summed E-state index contributed by atoms with van der Waals surface area (Å²) in [5.74, 6) is 1.76. The van der Waals surface area contributed by atoms with Crippen molar-refractivity contribution < 1.29 is 17.9 Å². The van der Waals surface area contributed by atoms with E-state index in [4.69, 9.17) is 9.47 Å². The SMILES string of the molecule is CCc1cc(OCC(C)C)cc(Oc2cc3c(cc2NS(=O)(=O)c2cn(C)cn2)n(C)c(=O)n3C)c1. The number of hydrogen-bond donors (Lipinski definition) is 1. The Hall–Kier alpha value is -3.73. The zero-order valence-electron chi connectivity index (χ0n) is 21.3. The number of nitrogens with one attached hydrogen (secondary N) is 1. The number of aryl methyl sites for hydroxylation is 4. The van der Waals surface area contributed by atoms with Gasteiger partial charge in [0.05, 0.1) is 29.7 Å². The molecule has 0 unspecified atom stereocenters. The molecule has 0 aliphatic rings. The summed E-state index contributed by atoms with van der Waals surface area (Å²) >= 11 is 0. The van der Waals surface area contributed by atoms with E-state index in [1.54, 1.807) is 43.9 Å². The topological polar surface area (TPSA) is 109 Å². The number of sulfonamides is 1. The van der Waals surface area contributed by atoms with E-state index in [2.05, 4.69) is 23.6 Å². The van der Waals surface area contributed by atoms with Crippen LogP contribution >= 0.6 is 0 Å². The Balaban J connectivity index is 1.81. The molecule has 0 aliphatic heterocycles. The molecule has 10 nitrogen and oxygen atoms in total. The number of ether oxygens (including phenoxy) is 2. The third kappa shape index (κ3) is 5.11. The first kappa shape index (κ1) is 25.4. The molecule has 2 heterocycles. The molecule has 4 aromatic rings. The van der Waals surface area contributed by atoms with E-state index < -0.39 is 10.0 Å². The summed E-state index contributed by atoms with van der Waals surface area (Å²) in [5.41, 5.74) is 2.10. The van der Waals surface area contributed by atoms with E-state index in [-0.39, 0.29) is 22.2 Å². The average Bonchev–Trinajstić information content (AvgIpc) is 3.36. The molecule has 0 bridgehead atoms. The number of hydrogen-bond acceptors (Lipinski definition) is 6. The maximum Gasteiger partial charge on any atom is 0.328 e. The molecule has 0 aliphatic carbocycles. The second-order valence-corrected chi connectivity index (χ2v) is 10.8. The molecule has 0 radical (unpaired) electrons. The van der Waals surface area contributed by atoms with Crippen molar-refractivity contribution in [2.24, 2.45) is 27.1 Å². The number of benzene rings is 2. The van der Waals surface area contributed by atoms with Crippen LogP contribution in [0.1, 0.15) is 26.3 Å². The number of nitrogens with zero attached hydrogens (tertiary/aromatic N) is 4. The Morgan fingerprint density at radius 1 is 1.00 bits per heavy atom. The summed E-state index contributed by atoms with van der Waals surface area (Å²) in [7, 11) is 0.959. The normalized spacial score (nSPS) is 11.9. The van der Waals surface area contributed by atoms with Crippen molar-refractivity contribution in [2.75, 3.05) is 11.3 Å². The van der Waals surface area contributed by atoms with Gasteiger partial charge in [-0.25, -0.2) is 9.78 Å². The van der Waals surface area contributed by atoms with Gasteiger partial charge in [-0.05, 0) is 36.1 Å². The van der Waals surface area contributed by atoms with Gasteiger partial charge in [0.15, 0.2) is 10.8 Å². The molecule has 11 heteroatoms. The van der Waals surface area contributed by atoms with Crippen LogP contribution in [0.25, 0.3) is 11.0 Å². The summed E-state index contributed by atoms with van der Waals surface area (Å²) in [5, 5.41) is -0.129. The summed E-state index contributed by atoms with van der Waals surface area (Å²) in [6.07, 6.45) is 3.58. The first-order chi connectivity index (χ1) is 17.0. The van der Waals surface area contributed by atoms with E-state index in [0.29, 0.717) is 35.1 Å². The van der Waals surface area contributed by atoms with E-state index in [9.17, 15) is 13.2 Å². The fraction of sp³-hybridized carbons (Fsp3) is 0.360. The van der Waals surface area contributed by atoms with Crippen molar-refractivity contribution in [3.8, 4) is 17.2 Å². The molecule has 0 saturated heterocycles. The second-order valence-electron chi connectivity index (χ2n) is 9.19. The van der Waals surface area contributed by atoms with E-state index >= 15 is 0 Å². The lowest BCUT2D eigenvalue weighted by atomic mass is 10.1. The second kappa shape index (κ2) is 9.73. The molecule has 4 rings (SSSR count). The summed E-state index contributed by atoms with van der Waals surface area (Å²) in [4.78, 5) is 16.5. The monoisotopic (exact) mass is 513 g/mol. The Labute approximate surface area is 210 Å². The molecular weight excluding hydrogens is 482 g/mol. The summed E-state index contributed by atoms with van der Waals surface area (Å²) in [6.45, 7) is 6.73. The van der Waals surface area contributed by atoms with Crippen LogP contribution in [-0.2, 0) is 37.6 Å². The number of imidazole rings is 2. The molecule has 0 amide bonds. The molecule has 192 valence electrons. The van der Waals surface area contributed by atoms with Crippen molar-refractivity contribution in [2.45, 2.75) is 32.2 Å². The number of aromatic nitrogens is 4. The molecule has 0 saturated carbocycles. The highest BCUT2D eigenvalue weighted by Crippen LogP contribution is 2.36. The minimum Gasteiger partial charge on any atom is -0.493 e. The van der Waals surface area contributed by atoms with Gasteiger partial charge in [0, 0.05) is 39.5 Å². The first-order valence-corrected chi connectivity index (χ1v) is 13.1. The highest BCUT2D eigenvalue weighted by molar-refractivity contribution is 7.92. The van der Waals surface area contributed by atoms with Gasteiger partial charge in [0.1, 0.15) is 11.5 Å². The fourth-order valence-electron chi connectivity index (χ4n) is 3.78. The predicted octanol–water partition coefficient (Wildman–Crippen LogP) is 3.80. The van der Waals surface area contributed by atoms with Gasteiger partial charge in [0.2, 0.25) is 0 Å². The number of anilines is 1. The van der Waals surface area contributed by atoms with Gasteiger partial charge in [0.25, 0.3) is 10.0 Å². The van der Waals surface area contributed by atoms with E-state index in [1.165, 1.54) is 21.7 Å². The lowest BCUT2D eigenvalue weighted by Gasteiger charge is -2.16. The molecule has 2 aromatic heterocycles. The maximum absolute atomic E-state index is 13.1. The Kier molecular flexibility index (Phi) is 6.85. The molecule has 2 aromatic carbocycles. The summed E-state index contributed by atoms with van der Waals surface area (Å²) in [6, 6.07) is 8.86. The van der Waals surface area contributed by atoms with Gasteiger partial charge in [-0.3, -0.25) is 13.9 Å². The Morgan fingerprint density at radius 2 is 1.67 bits per heavy atom. The van der Waals surface area contributed by atoms with Crippen LogP contribution in [0, 0.1) is 5.92 Å². The van der Waals surface area contributed by atoms with Crippen molar-refractivity contribution in [1.82, 2.24) is 18.7 Å². The fourth-order valence-corrected chi connectivity index (χ4v) is 4.83. The minimum absolute atomic E-state index is 0.129. The lowest BCUT2D eigenvalue weighted by molar-refractivity contribution is 0.270. The zero-order valence-corrected chi connectivity index (χ0v) is 22.1. The van der Waals surface area contributed by atoms with Gasteiger partial charge < -0.3 is 14.0 Å². The van der Waals surface area contributed by atoms with Crippen LogP contribution < -0.4 is 19.9 Å². The van der Waals surface area contributed by atoms with Gasteiger partial charge in [-0.15, -0.1) is 0 Å². The summed E-state index contributed by atoms with van der Waals surface area (Å²) < 4.78 is 45.4. The van der Waals surface area contributed by atoms with Crippen LogP contribution in [0.4, 0.5) is 5.69 Å². The predicted molar refractivity (Wildman–Crippen MR) is 138 cm³/mol. The third-order valence-electron chi connectivity index (χ3n) is 5.73. The largest absolute Gasteiger partial charge is 0.493 e. The van der Waals surface area contributed by atoms with Gasteiger partial charge in [-0.2, -0.15) is 8.42 Å². The molecule has 0 spiro atoms. The maximum atomic E-state index is 13.1. The van der Waals surface area contributed by atoms with Crippen LogP contribution in [0.15, 0.2) is 52.7 Å². The Bertz CT molecular complexity index is 1580. The Morgan fingerprint density at radius 3 is 2.28 bits per heavy atom. The molecule has 36 heavy (non-hydrogen) atoms. The number of rotatable bonds is 9. The molecule has 0 atom stereocenters. The standard InChI is InChI=1S/C25H31N5O5S/c1-7-17-8-18(34-14-16(2)3)10-19(9-17)35-23-12-22-21(29(5)25(31)30(22)6)11-20(23)27-36(32,33)24-13-28(4)15-26-24/h8-13,15-16,27H,7,14H2,1-6H3. The first-order valence-electron chi connectivity index (χ1n) is 11.6. The molecule has 0 fully saturated rings. The molecular formula is C25H31N5O5S. The van der Waals surface area contributed by atoms with Crippen molar-refractivity contribution in [3.63, 3.8) is 0 Å². The van der Waals surface area contributed by atoms with Crippen molar-refractivity contribution in [3.05, 3.63) is 58.9 Å². The lowest BCUT2D eigenvalue weighted by Crippen LogP contribution is -2.19. The van der Waals surface area contributed by atoms with Crippen LogP contribution in [-0.4, -0.2) is 33.7 Å². The highest BCUT2D eigenvalue weighted by atomic mass is 32.2. The van der Waals surface area contributed by atoms with Crippen molar-refractivity contribution >= 4 is 26.7 Å². The highest BCUT2D eigenvalue weighted by Gasteiger charge is 2.22. The van der Waals surface area contributed by atoms with Crippen molar-refractivity contribution in [1.29, 1.82) is 0 Å². The number of fused-ring (bicyclic) bond motifs is 1.